The lowest BCUT2D eigenvalue weighted by atomic mass is 10.2. The van der Waals surface area contributed by atoms with Gasteiger partial charge in [-0.25, -0.2) is 4.98 Å². The highest BCUT2D eigenvalue weighted by Gasteiger charge is 2.60. The first kappa shape index (κ1) is 14.1. The van der Waals surface area contributed by atoms with Crippen molar-refractivity contribution in [2.24, 2.45) is 0 Å². The molecule has 2 rings (SSSR count). The van der Waals surface area contributed by atoms with Gasteiger partial charge in [0.15, 0.2) is 5.58 Å². The van der Waals surface area contributed by atoms with E-state index in [9.17, 15) is 13.9 Å². The SMILES string of the molecule is CC(O)(C(F)(F)c1nc2ccccc2o1)[Si](C)(C)C. The van der Waals surface area contributed by atoms with Gasteiger partial charge in [-0.15, -0.1) is 0 Å². The summed E-state index contributed by atoms with van der Waals surface area (Å²) in [4.78, 5) is 3.81. The summed E-state index contributed by atoms with van der Waals surface area (Å²) < 4.78 is 34.1. The normalized spacial score (nSPS) is 16.6. The van der Waals surface area contributed by atoms with E-state index in [4.69, 9.17) is 4.42 Å². The van der Waals surface area contributed by atoms with Gasteiger partial charge in [-0.3, -0.25) is 0 Å². The van der Waals surface area contributed by atoms with E-state index >= 15 is 0 Å². The topological polar surface area (TPSA) is 46.3 Å². The molecule has 0 saturated heterocycles. The van der Waals surface area contributed by atoms with Crippen molar-refractivity contribution in [2.75, 3.05) is 0 Å². The van der Waals surface area contributed by atoms with Gasteiger partial charge in [0.05, 0.1) is 8.07 Å². The molecule has 6 heteroatoms. The lowest BCUT2D eigenvalue weighted by molar-refractivity contribution is -0.153. The number of benzene rings is 1. The van der Waals surface area contributed by atoms with Gasteiger partial charge < -0.3 is 9.52 Å². The van der Waals surface area contributed by atoms with Crippen LogP contribution >= 0.6 is 0 Å². The van der Waals surface area contributed by atoms with Crippen molar-refractivity contribution in [2.45, 2.75) is 37.7 Å². The molecular weight excluding hydrogens is 268 g/mol. The fourth-order valence-electron chi connectivity index (χ4n) is 1.69. The zero-order chi connectivity index (χ0) is 14.5. The molecule has 1 heterocycles. The lowest BCUT2D eigenvalue weighted by Crippen LogP contribution is -2.60. The Morgan fingerprint density at radius 1 is 1.21 bits per heavy atom. The number of para-hydroxylation sites is 2. The molecule has 3 nitrogen and oxygen atoms in total. The summed E-state index contributed by atoms with van der Waals surface area (Å²) in [7, 11) is -2.55. The molecule has 0 saturated carbocycles. The Balaban J connectivity index is 2.55. The van der Waals surface area contributed by atoms with Crippen LogP contribution < -0.4 is 0 Å². The first-order valence-electron chi connectivity index (χ1n) is 6.03. The van der Waals surface area contributed by atoms with Gasteiger partial charge >= 0.3 is 5.92 Å². The monoisotopic (exact) mass is 285 g/mol. The van der Waals surface area contributed by atoms with Gasteiger partial charge in [-0.05, 0) is 19.1 Å². The summed E-state index contributed by atoms with van der Waals surface area (Å²) >= 11 is 0. The quantitative estimate of drug-likeness (QED) is 0.877. The maximum atomic E-state index is 14.5. The van der Waals surface area contributed by atoms with Crippen molar-refractivity contribution in [3.8, 4) is 0 Å². The summed E-state index contributed by atoms with van der Waals surface area (Å²) in [5.74, 6) is -4.24. The van der Waals surface area contributed by atoms with Crippen LogP contribution in [-0.2, 0) is 5.92 Å². The molecule has 104 valence electrons. The van der Waals surface area contributed by atoms with Crippen LogP contribution in [0.15, 0.2) is 28.7 Å². The minimum atomic E-state index is -3.52. The molecule has 1 N–H and O–H groups in total. The predicted molar refractivity (Wildman–Crippen MR) is 71.9 cm³/mol. The fraction of sp³-hybridized carbons (Fsp3) is 0.462. The van der Waals surface area contributed by atoms with Crippen LogP contribution in [0.2, 0.25) is 19.6 Å². The number of hydrogen-bond donors (Lipinski definition) is 1. The average molecular weight is 285 g/mol. The smallest absolute Gasteiger partial charge is 0.346 e. The van der Waals surface area contributed by atoms with Crippen LogP contribution in [0, 0.1) is 0 Å². The van der Waals surface area contributed by atoms with E-state index in [-0.39, 0.29) is 0 Å². The number of fused-ring (bicyclic) bond motifs is 1. The Kier molecular flexibility index (Phi) is 3.06. The van der Waals surface area contributed by atoms with Crippen molar-refractivity contribution >= 4 is 19.2 Å². The number of hydrogen-bond acceptors (Lipinski definition) is 3. The molecule has 0 aliphatic carbocycles. The third-order valence-electron chi connectivity index (χ3n) is 3.63. The zero-order valence-corrected chi connectivity index (χ0v) is 12.4. The number of aliphatic hydroxyl groups is 1. The second-order valence-electron chi connectivity index (χ2n) is 5.88. The highest BCUT2D eigenvalue weighted by molar-refractivity contribution is 6.79. The molecule has 0 amide bonds. The minimum absolute atomic E-state index is 0.295. The summed E-state index contributed by atoms with van der Waals surface area (Å²) in [5, 5.41) is 8.13. The molecule has 0 radical (unpaired) electrons. The summed E-state index contributed by atoms with van der Waals surface area (Å²) in [6.45, 7) is 6.21. The van der Waals surface area contributed by atoms with Gasteiger partial charge in [0, 0.05) is 0 Å². The van der Waals surface area contributed by atoms with Crippen molar-refractivity contribution in [1.29, 1.82) is 0 Å². The molecule has 0 aliphatic rings. The maximum Gasteiger partial charge on any atom is 0.346 e. The first-order chi connectivity index (χ1) is 8.57. The van der Waals surface area contributed by atoms with E-state index in [0.29, 0.717) is 11.1 Å². The molecular formula is C13H17F2NO2Si. The molecule has 1 atom stereocenters. The fourth-order valence-corrected chi connectivity index (χ4v) is 2.73. The Hall–Kier alpha value is -1.27. The molecule has 0 bridgehead atoms. The molecule has 1 unspecified atom stereocenters. The second kappa shape index (κ2) is 4.11. The number of halogens is 2. The van der Waals surface area contributed by atoms with E-state index in [1.807, 2.05) is 0 Å². The molecule has 19 heavy (non-hydrogen) atoms. The molecule has 2 aromatic rings. The molecule has 0 fully saturated rings. The minimum Gasteiger partial charge on any atom is -0.435 e. The Bertz CT molecular complexity index is 569. The number of nitrogens with zero attached hydrogens (tertiary/aromatic N) is 1. The largest absolute Gasteiger partial charge is 0.435 e. The van der Waals surface area contributed by atoms with Crippen LogP contribution in [0.25, 0.3) is 11.1 Å². The van der Waals surface area contributed by atoms with Gasteiger partial charge in [-0.1, -0.05) is 31.8 Å². The van der Waals surface area contributed by atoms with Gasteiger partial charge in [0.2, 0.25) is 0 Å². The lowest BCUT2D eigenvalue weighted by Gasteiger charge is -2.39. The predicted octanol–water partition coefficient (Wildman–Crippen LogP) is 3.55. The number of oxazole rings is 1. The van der Waals surface area contributed by atoms with E-state index in [1.54, 1.807) is 43.9 Å². The number of rotatable bonds is 3. The summed E-state index contributed by atoms with van der Waals surface area (Å²) in [5.41, 5.74) is 0.659. The first-order valence-corrected chi connectivity index (χ1v) is 9.53. The van der Waals surface area contributed by atoms with E-state index < -0.39 is 25.1 Å². The van der Waals surface area contributed by atoms with Gasteiger partial charge in [0.25, 0.3) is 5.89 Å². The van der Waals surface area contributed by atoms with Gasteiger partial charge in [0.1, 0.15) is 10.7 Å². The summed E-state index contributed by atoms with van der Waals surface area (Å²) in [6, 6.07) is 6.56. The molecule has 1 aromatic carbocycles. The number of aromatic nitrogens is 1. The zero-order valence-electron chi connectivity index (χ0n) is 11.4. The second-order valence-corrected chi connectivity index (χ2v) is 11.4. The maximum absolute atomic E-state index is 14.5. The molecule has 1 aromatic heterocycles. The van der Waals surface area contributed by atoms with Crippen LogP contribution in [-0.4, -0.2) is 23.4 Å². The van der Waals surface area contributed by atoms with Crippen LogP contribution in [0.5, 0.6) is 0 Å². The molecule has 0 aliphatic heterocycles. The summed E-state index contributed by atoms with van der Waals surface area (Å²) in [6.07, 6.45) is 0. The van der Waals surface area contributed by atoms with Crippen molar-refractivity contribution in [3.63, 3.8) is 0 Å². The standard InChI is InChI=1S/C13H17F2NO2Si/c1-12(17,19(2,3)4)13(14,15)11-16-9-7-5-6-8-10(9)18-11/h5-8,17H,1-4H3. The van der Waals surface area contributed by atoms with Crippen molar-refractivity contribution in [3.05, 3.63) is 30.2 Å². The van der Waals surface area contributed by atoms with Crippen molar-refractivity contribution < 1.29 is 18.3 Å². The van der Waals surface area contributed by atoms with E-state index in [2.05, 4.69) is 4.98 Å². The Morgan fingerprint density at radius 3 is 2.32 bits per heavy atom. The van der Waals surface area contributed by atoms with Crippen LogP contribution in [0.4, 0.5) is 8.78 Å². The third-order valence-corrected chi connectivity index (χ3v) is 6.87. The van der Waals surface area contributed by atoms with E-state index in [0.717, 1.165) is 6.92 Å². The Morgan fingerprint density at radius 2 is 1.79 bits per heavy atom. The van der Waals surface area contributed by atoms with E-state index in [1.165, 1.54) is 0 Å². The van der Waals surface area contributed by atoms with Crippen LogP contribution in [0.1, 0.15) is 12.8 Å². The highest BCUT2D eigenvalue weighted by atomic mass is 28.3. The Labute approximate surface area is 111 Å². The van der Waals surface area contributed by atoms with Gasteiger partial charge in [-0.2, -0.15) is 8.78 Å². The highest BCUT2D eigenvalue weighted by Crippen LogP contribution is 2.44. The van der Waals surface area contributed by atoms with Crippen LogP contribution in [0.3, 0.4) is 0 Å². The number of alkyl halides is 2. The molecule has 0 spiro atoms. The van der Waals surface area contributed by atoms with Crippen molar-refractivity contribution in [1.82, 2.24) is 4.98 Å². The average Bonchev–Trinajstić information content (AvgIpc) is 2.71. The third kappa shape index (κ3) is 2.08.